The molecule has 2 nitrogen and oxygen atoms in total. The van der Waals surface area contributed by atoms with Crippen molar-refractivity contribution in [1.29, 1.82) is 0 Å². The van der Waals surface area contributed by atoms with E-state index < -0.39 is 0 Å². The third-order valence-corrected chi connectivity index (χ3v) is 5.68. The number of fused-ring (bicyclic) bond motifs is 3. The van der Waals surface area contributed by atoms with Gasteiger partial charge in [0.1, 0.15) is 0 Å². The van der Waals surface area contributed by atoms with Crippen LogP contribution >= 0.6 is 0 Å². The highest BCUT2D eigenvalue weighted by Gasteiger charge is 2.60. The third-order valence-electron chi connectivity index (χ3n) is 5.68. The van der Waals surface area contributed by atoms with E-state index >= 15 is 0 Å². The van der Waals surface area contributed by atoms with Gasteiger partial charge in [0.05, 0.1) is 6.10 Å². The zero-order chi connectivity index (χ0) is 10.6. The molecule has 0 aromatic rings. The molecule has 1 spiro atoms. The van der Waals surface area contributed by atoms with Gasteiger partial charge in [0.15, 0.2) is 0 Å². The van der Waals surface area contributed by atoms with Crippen molar-refractivity contribution in [2.24, 2.45) is 28.9 Å². The molecule has 2 bridgehead atoms. The summed E-state index contributed by atoms with van der Waals surface area (Å²) in [6, 6.07) is 0.471. The first-order chi connectivity index (χ1) is 7.17. The Hall–Kier alpha value is -0.0800. The summed E-state index contributed by atoms with van der Waals surface area (Å²) in [6.07, 6.45) is 7.24. The van der Waals surface area contributed by atoms with Gasteiger partial charge in [-0.25, -0.2) is 0 Å². The topological polar surface area (TPSA) is 35.2 Å². The minimum absolute atomic E-state index is 0.461. The van der Waals surface area contributed by atoms with Gasteiger partial charge in [-0.1, -0.05) is 6.92 Å². The number of rotatable bonds is 1. The standard InChI is InChI=1S/C13H23NO/c1-8-6-13(7-11(8)15-2)10-4-3-9(5-10)12(13)14/h8-12H,3-7,14H2,1-2H3/t8-,9-,10+,11-,12+,13-/m1/s1. The van der Waals surface area contributed by atoms with E-state index in [4.69, 9.17) is 10.5 Å². The summed E-state index contributed by atoms with van der Waals surface area (Å²) in [5, 5.41) is 0. The van der Waals surface area contributed by atoms with E-state index in [1.165, 1.54) is 32.1 Å². The molecule has 6 atom stereocenters. The van der Waals surface area contributed by atoms with Gasteiger partial charge in [0.2, 0.25) is 0 Å². The average molecular weight is 209 g/mol. The quantitative estimate of drug-likeness (QED) is 0.718. The van der Waals surface area contributed by atoms with Crippen LogP contribution in [0.3, 0.4) is 0 Å². The lowest BCUT2D eigenvalue weighted by Crippen LogP contribution is -2.45. The minimum Gasteiger partial charge on any atom is -0.381 e. The van der Waals surface area contributed by atoms with Crippen LogP contribution in [-0.2, 0) is 4.74 Å². The molecule has 3 fully saturated rings. The molecule has 0 aromatic heterocycles. The third kappa shape index (κ3) is 1.18. The molecule has 15 heavy (non-hydrogen) atoms. The van der Waals surface area contributed by atoms with Gasteiger partial charge < -0.3 is 10.5 Å². The van der Waals surface area contributed by atoms with Crippen molar-refractivity contribution >= 4 is 0 Å². The second kappa shape index (κ2) is 3.21. The summed E-state index contributed by atoms with van der Waals surface area (Å²) in [5.41, 5.74) is 6.95. The van der Waals surface area contributed by atoms with Crippen molar-refractivity contribution in [1.82, 2.24) is 0 Å². The summed E-state index contributed by atoms with van der Waals surface area (Å²) >= 11 is 0. The van der Waals surface area contributed by atoms with Crippen LogP contribution in [0.25, 0.3) is 0 Å². The lowest BCUT2D eigenvalue weighted by Gasteiger charge is -2.39. The molecule has 0 aromatic carbocycles. The predicted molar refractivity (Wildman–Crippen MR) is 60.4 cm³/mol. The fraction of sp³-hybridized carbons (Fsp3) is 1.00. The molecule has 0 unspecified atom stereocenters. The first kappa shape index (κ1) is 10.1. The Labute approximate surface area is 92.6 Å². The van der Waals surface area contributed by atoms with Crippen molar-refractivity contribution in [2.75, 3.05) is 7.11 Å². The lowest BCUT2D eigenvalue weighted by atomic mass is 9.68. The Morgan fingerprint density at radius 3 is 2.60 bits per heavy atom. The smallest absolute Gasteiger partial charge is 0.0603 e. The van der Waals surface area contributed by atoms with Crippen molar-refractivity contribution in [3.05, 3.63) is 0 Å². The zero-order valence-corrected chi connectivity index (χ0v) is 9.91. The van der Waals surface area contributed by atoms with Crippen LogP contribution in [0.5, 0.6) is 0 Å². The number of hydrogen-bond acceptors (Lipinski definition) is 2. The van der Waals surface area contributed by atoms with E-state index in [1.807, 2.05) is 7.11 Å². The highest BCUT2D eigenvalue weighted by atomic mass is 16.5. The predicted octanol–water partition coefficient (Wildman–Crippen LogP) is 2.17. The van der Waals surface area contributed by atoms with Gasteiger partial charge in [-0.3, -0.25) is 0 Å². The molecule has 0 amide bonds. The molecular formula is C13H23NO. The van der Waals surface area contributed by atoms with Crippen LogP contribution in [0.2, 0.25) is 0 Å². The van der Waals surface area contributed by atoms with Crippen LogP contribution in [0.4, 0.5) is 0 Å². The van der Waals surface area contributed by atoms with E-state index in [0.29, 0.717) is 23.5 Å². The van der Waals surface area contributed by atoms with Crippen LogP contribution < -0.4 is 5.73 Å². The molecule has 0 heterocycles. The van der Waals surface area contributed by atoms with Crippen LogP contribution in [-0.4, -0.2) is 19.3 Å². The molecule has 86 valence electrons. The number of hydrogen-bond donors (Lipinski definition) is 1. The Morgan fingerprint density at radius 1 is 1.27 bits per heavy atom. The Bertz CT molecular complexity index is 263. The van der Waals surface area contributed by atoms with E-state index in [9.17, 15) is 0 Å². The lowest BCUT2D eigenvalue weighted by molar-refractivity contribution is 0.0593. The van der Waals surface area contributed by atoms with Crippen LogP contribution in [0, 0.1) is 23.2 Å². The highest BCUT2D eigenvalue weighted by molar-refractivity contribution is 5.12. The molecular weight excluding hydrogens is 186 g/mol. The van der Waals surface area contributed by atoms with Gasteiger partial charge >= 0.3 is 0 Å². The largest absolute Gasteiger partial charge is 0.381 e. The molecule has 3 aliphatic carbocycles. The maximum absolute atomic E-state index is 6.48. The Balaban J connectivity index is 1.86. The van der Waals surface area contributed by atoms with Gasteiger partial charge in [-0.05, 0) is 55.3 Å². The zero-order valence-electron chi connectivity index (χ0n) is 9.91. The van der Waals surface area contributed by atoms with Crippen LogP contribution in [0.1, 0.15) is 39.0 Å². The van der Waals surface area contributed by atoms with Crippen molar-refractivity contribution in [3.8, 4) is 0 Å². The van der Waals surface area contributed by atoms with E-state index in [-0.39, 0.29) is 0 Å². The fourth-order valence-corrected chi connectivity index (χ4v) is 4.92. The monoisotopic (exact) mass is 209 g/mol. The second-order valence-corrected chi connectivity index (χ2v) is 6.19. The van der Waals surface area contributed by atoms with Crippen molar-refractivity contribution in [2.45, 2.75) is 51.2 Å². The summed E-state index contributed by atoms with van der Waals surface area (Å²) < 4.78 is 5.61. The normalized spacial score (nSPS) is 58.2. The number of methoxy groups -OCH3 is 1. The molecule has 3 rings (SSSR count). The molecule has 3 saturated carbocycles. The number of ether oxygens (including phenoxy) is 1. The second-order valence-electron chi connectivity index (χ2n) is 6.19. The van der Waals surface area contributed by atoms with Crippen molar-refractivity contribution in [3.63, 3.8) is 0 Å². The van der Waals surface area contributed by atoms with Crippen LogP contribution in [0.15, 0.2) is 0 Å². The summed E-state index contributed by atoms with van der Waals surface area (Å²) in [7, 11) is 1.86. The first-order valence-electron chi connectivity index (χ1n) is 6.46. The summed E-state index contributed by atoms with van der Waals surface area (Å²) in [5.74, 6) is 2.46. The molecule has 0 aliphatic heterocycles. The van der Waals surface area contributed by atoms with Gasteiger partial charge in [0.25, 0.3) is 0 Å². The minimum atomic E-state index is 0.461. The fourth-order valence-electron chi connectivity index (χ4n) is 4.92. The Kier molecular flexibility index (Phi) is 2.16. The molecule has 0 saturated heterocycles. The van der Waals surface area contributed by atoms with Gasteiger partial charge in [-0.15, -0.1) is 0 Å². The average Bonchev–Trinajstić information content (AvgIpc) is 2.85. The maximum Gasteiger partial charge on any atom is 0.0603 e. The van der Waals surface area contributed by atoms with E-state index in [0.717, 1.165) is 11.8 Å². The Morgan fingerprint density at radius 2 is 2.07 bits per heavy atom. The van der Waals surface area contributed by atoms with Gasteiger partial charge in [0, 0.05) is 13.2 Å². The first-order valence-corrected chi connectivity index (χ1v) is 6.46. The molecule has 3 aliphatic rings. The molecule has 2 heteroatoms. The van der Waals surface area contributed by atoms with Crippen molar-refractivity contribution < 1.29 is 4.74 Å². The summed E-state index contributed by atoms with van der Waals surface area (Å²) in [6.45, 7) is 2.33. The molecule has 2 N–H and O–H groups in total. The SMILES string of the molecule is CO[C@@H]1C[C@]2(C[C@H]1C)[C@H]1CC[C@H](C1)[C@@H]2N. The summed E-state index contributed by atoms with van der Waals surface area (Å²) in [4.78, 5) is 0. The van der Waals surface area contributed by atoms with Gasteiger partial charge in [-0.2, -0.15) is 0 Å². The maximum atomic E-state index is 6.48. The molecule has 0 radical (unpaired) electrons. The highest BCUT2D eigenvalue weighted by Crippen LogP contribution is 2.63. The van der Waals surface area contributed by atoms with E-state index in [2.05, 4.69) is 6.92 Å². The van der Waals surface area contributed by atoms with E-state index in [1.54, 1.807) is 0 Å². The number of nitrogens with two attached hydrogens (primary N) is 1.